The Labute approximate surface area is 122 Å². The summed E-state index contributed by atoms with van der Waals surface area (Å²) in [7, 11) is 0. The summed E-state index contributed by atoms with van der Waals surface area (Å²) in [6, 6.07) is 9.95. The normalized spacial score (nSPS) is 10.7. The first-order valence-electron chi connectivity index (χ1n) is 6.57. The second-order valence-corrected chi connectivity index (χ2v) is 4.18. The minimum absolute atomic E-state index is 0.133. The number of benzene rings is 1. The highest BCUT2D eigenvalue weighted by Gasteiger charge is 2.07. The molecule has 0 spiro atoms. The summed E-state index contributed by atoms with van der Waals surface area (Å²) in [5.74, 6) is -0.174. The zero-order valence-corrected chi connectivity index (χ0v) is 11.6. The minimum Gasteiger partial charge on any atom is -0.462 e. The van der Waals surface area contributed by atoms with Crippen molar-refractivity contribution in [2.75, 3.05) is 6.61 Å². The van der Waals surface area contributed by atoms with Crippen LogP contribution in [-0.4, -0.2) is 24.6 Å². The van der Waals surface area contributed by atoms with Gasteiger partial charge in [-0.1, -0.05) is 0 Å². The molecule has 0 amide bonds. The molecule has 0 aliphatic carbocycles. The Morgan fingerprint density at radius 3 is 2.62 bits per heavy atom. The van der Waals surface area contributed by atoms with Crippen LogP contribution in [0, 0.1) is 0 Å². The number of carbonyl (C=O) groups is 2. The molecular formula is C16H15NO4. The molecular weight excluding hydrogens is 270 g/mol. The Balaban J connectivity index is 1.92. The molecule has 1 aromatic carbocycles. The predicted molar refractivity (Wildman–Crippen MR) is 78.2 cm³/mol. The van der Waals surface area contributed by atoms with Gasteiger partial charge < -0.3 is 9.15 Å². The van der Waals surface area contributed by atoms with Gasteiger partial charge in [0, 0.05) is 12.6 Å². The van der Waals surface area contributed by atoms with Gasteiger partial charge in [0.25, 0.3) is 0 Å². The van der Waals surface area contributed by atoms with E-state index >= 15 is 0 Å². The van der Waals surface area contributed by atoms with Gasteiger partial charge in [0.05, 0.1) is 24.1 Å². The summed E-state index contributed by atoms with van der Waals surface area (Å²) in [5.41, 5.74) is 1.14. The maximum atomic E-state index is 11.7. The summed E-state index contributed by atoms with van der Waals surface area (Å²) in [5, 5.41) is 0. The summed E-state index contributed by atoms with van der Waals surface area (Å²) < 4.78 is 9.89. The lowest BCUT2D eigenvalue weighted by Gasteiger charge is -2.01. The molecule has 0 unspecified atom stereocenters. The molecule has 0 saturated heterocycles. The smallest absolute Gasteiger partial charge is 0.338 e. The number of ether oxygens (including phenoxy) is 1. The van der Waals surface area contributed by atoms with Crippen LogP contribution in [0.2, 0.25) is 0 Å². The van der Waals surface area contributed by atoms with E-state index in [1.807, 2.05) is 0 Å². The predicted octanol–water partition coefficient (Wildman–Crippen LogP) is 3.43. The lowest BCUT2D eigenvalue weighted by Crippen LogP contribution is -2.03. The average molecular weight is 285 g/mol. The summed E-state index contributed by atoms with van der Waals surface area (Å²) >= 11 is 0. The zero-order chi connectivity index (χ0) is 15.1. The number of Topliss-reactive ketones (excluding diaryl/α,β-unsaturated/α-hetero) is 1. The van der Waals surface area contributed by atoms with Gasteiger partial charge in [-0.05, 0) is 43.3 Å². The van der Waals surface area contributed by atoms with Crippen LogP contribution in [-0.2, 0) is 4.74 Å². The van der Waals surface area contributed by atoms with Crippen LogP contribution in [0.5, 0.6) is 0 Å². The first-order valence-corrected chi connectivity index (χ1v) is 6.57. The fourth-order valence-corrected chi connectivity index (χ4v) is 1.67. The van der Waals surface area contributed by atoms with Crippen molar-refractivity contribution in [1.29, 1.82) is 0 Å². The van der Waals surface area contributed by atoms with E-state index in [0.717, 1.165) is 0 Å². The van der Waals surface area contributed by atoms with Crippen LogP contribution >= 0.6 is 0 Å². The van der Waals surface area contributed by atoms with Gasteiger partial charge >= 0.3 is 5.97 Å². The van der Waals surface area contributed by atoms with Crippen LogP contribution in [0.25, 0.3) is 0 Å². The topological polar surface area (TPSA) is 68.9 Å². The van der Waals surface area contributed by atoms with Crippen molar-refractivity contribution in [3.63, 3.8) is 0 Å². The summed E-state index contributed by atoms with van der Waals surface area (Å²) in [6.07, 6.45) is 3.13. The molecule has 0 bridgehead atoms. The third kappa shape index (κ3) is 4.14. The van der Waals surface area contributed by atoms with Gasteiger partial charge in [0.2, 0.25) is 5.78 Å². The molecule has 1 heterocycles. The third-order valence-electron chi connectivity index (χ3n) is 2.69. The number of hydrogen-bond acceptors (Lipinski definition) is 5. The van der Waals surface area contributed by atoms with E-state index in [2.05, 4.69) is 4.99 Å². The Bertz CT molecular complexity index is 627. The molecule has 0 saturated carbocycles. The van der Waals surface area contributed by atoms with Crippen molar-refractivity contribution in [1.82, 2.24) is 0 Å². The quantitative estimate of drug-likeness (QED) is 0.463. The highest BCUT2D eigenvalue weighted by Crippen LogP contribution is 2.13. The van der Waals surface area contributed by atoms with Crippen LogP contribution < -0.4 is 0 Å². The first-order chi connectivity index (χ1) is 10.2. The Morgan fingerprint density at radius 2 is 2.00 bits per heavy atom. The average Bonchev–Trinajstić information content (AvgIpc) is 3.02. The molecule has 2 rings (SSSR count). The molecule has 21 heavy (non-hydrogen) atoms. The first kappa shape index (κ1) is 14.7. The van der Waals surface area contributed by atoms with Crippen molar-refractivity contribution in [3.05, 3.63) is 54.0 Å². The highest BCUT2D eigenvalue weighted by atomic mass is 16.5. The van der Waals surface area contributed by atoms with Gasteiger partial charge in [0.15, 0.2) is 5.76 Å². The van der Waals surface area contributed by atoms with Gasteiger partial charge in [-0.15, -0.1) is 0 Å². The van der Waals surface area contributed by atoms with Crippen molar-refractivity contribution in [3.8, 4) is 0 Å². The molecule has 5 heteroatoms. The van der Waals surface area contributed by atoms with E-state index in [1.165, 1.54) is 12.5 Å². The van der Waals surface area contributed by atoms with Crippen molar-refractivity contribution in [2.45, 2.75) is 13.3 Å². The molecule has 108 valence electrons. The molecule has 0 aliphatic rings. The fraction of sp³-hybridized carbons (Fsp3) is 0.188. The van der Waals surface area contributed by atoms with Gasteiger partial charge in [-0.25, -0.2) is 4.79 Å². The maximum Gasteiger partial charge on any atom is 0.338 e. The number of furan rings is 1. The Hall–Kier alpha value is -2.69. The van der Waals surface area contributed by atoms with E-state index in [4.69, 9.17) is 9.15 Å². The van der Waals surface area contributed by atoms with Gasteiger partial charge in [0.1, 0.15) is 0 Å². The molecule has 0 fully saturated rings. The van der Waals surface area contributed by atoms with Crippen LogP contribution in [0.3, 0.4) is 0 Å². The lowest BCUT2D eigenvalue weighted by molar-refractivity contribution is 0.0526. The van der Waals surface area contributed by atoms with Crippen molar-refractivity contribution >= 4 is 23.7 Å². The zero-order valence-electron chi connectivity index (χ0n) is 11.6. The van der Waals surface area contributed by atoms with E-state index in [1.54, 1.807) is 43.3 Å². The molecule has 0 N–H and O–H groups in total. The monoisotopic (exact) mass is 285 g/mol. The third-order valence-corrected chi connectivity index (χ3v) is 2.69. The summed E-state index contributed by atoms with van der Waals surface area (Å²) in [6.45, 7) is 2.10. The van der Waals surface area contributed by atoms with E-state index < -0.39 is 0 Å². The standard InChI is InChI=1S/C16H15NO4/c1-2-20-16(19)12-5-7-13(8-6-12)17-10-9-14(18)15-4-3-11-21-15/h3-8,10-11H,2,9H2,1H3. The van der Waals surface area contributed by atoms with E-state index in [-0.39, 0.29) is 18.2 Å². The van der Waals surface area contributed by atoms with E-state index in [0.29, 0.717) is 23.6 Å². The van der Waals surface area contributed by atoms with Crippen LogP contribution in [0.1, 0.15) is 34.3 Å². The highest BCUT2D eigenvalue weighted by molar-refractivity contribution is 6.02. The Kier molecular flexibility index (Phi) is 5.04. The number of rotatable bonds is 6. The van der Waals surface area contributed by atoms with E-state index in [9.17, 15) is 9.59 Å². The lowest BCUT2D eigenvalue weighted by atomic mass is 10.2. The fourth-order valence-electron chi connectivity index (χ4n) is 1.67. The van der Waals surface area contributed by atoms with Gasteiger partial charge in [-0.2, -0.15) is 0 Å². The number of nitrogens with zero attached hydrogens (tertiary/aromatic N) is 1. The molecule has 0 radical (unpaired) electrons. The minimum atomic E-state index is -0.360. The Morgan fingerprint density at radius 1 is 1.24 bits per heavy atom. The second-order valence-electron chi connectivity index (χ2n) is 4.18. The molecule has 1 aromatic heterocycles. The molecule has 0 aliphatic heterocycles. The second kappa shape index (κ2) is 7.19. The number of esters is 1. The largest absolute Gasteiger partial charge is 0.462 e. The SMILES string of the molecule is CCOC(=O)c1ccc(N=CCC(=O)c2ccco2)cc1. The molecule has 0 atom stereocenters. The molecule has 5 nitrogen and oxygen atoms in total. The summed E-state index contributed by atoms with van der Waals surface area (Å²) in [4.78, 5) is 27.3. The maximum absolute atomic E-state index is 11.7. The van der Waals surface area contributed by atoms with Crippen molar-refractivity contribution in [2.24, 2.45) is 4.99 Å². The number of ketones is 1. The molecule has 2 aromatic rings. The number of aliphatic imine (C=N–C) groups is 1. The van der Waals surface area contributed by atoms with Crippen LogP contribution in [0.15, 0.2) is 52.1 Å². The number of hydrogen-bond donors (Lipinski definition) is 0. The number of carbonyl (C=O) groups excluding carboxylic acids is 2. The van der Waals surface area contributed by atoms with Gasteiger partial charge in [-0.3, -0.25) is 9.79 Å². The van der Waals surface area contributed by atoms with Crippen LogP contribution in [0.4, 0.5) is 5.69 Å². The van der Waals surface area contributed by atoms with Crippen molar-refractivity contribution < 1.29 is 18.7 Å².